The molecule has 0 amide bonds. The van der Waals surface area contributed by atoms with Crippen LogP contribution in [0.25, 0.3) is 0 Å². The molecule has 3 fully saturated rings. The minimum Gasteiger partial charge on any atom is -0.378 e. The second kappa shape index (κ2) is 17.3. The third-order valence-electron chi connectivity index (χ3n) is 8.95. The Morgan fingerprint density at radius 2 is 1.06 bits per heavy atom. The van der Waals surface area contributed by atoms with E-state index >= 15 is 0 Å². The van der Waals surface area contributed by atoms with Gasteiger partial charge in [0.05, 0.1) is 25.4 Å². The summed E-state index contributed by atoms with van der Waals surface area (Å²) in [5, 5.41) is 0. The normalized spacial score (nSPS) is 32.6. The standard InChI is InChI=1S/C30H56O4/c1-3-4-23-33-34-24-26-11-13-27(14-12-26)28-15-19-30(20-16-28)32-22-8-6-5-7-21-31-29-17-9-25(2)10-18-29/h25-30H,3-24H2,1-2H3. The summed E-state index contributed by atoms with van der Waals surface area (Å²) >= 11 is 0. The van der Waals surface area contributed by atoms with Crippen LogP contribution in [0, 0.1) is 23.7 Å². The molecule has 0 N–H and O–H groups in total. The van der Waals surface area contributed by atoms with E-state index in [1.165, 1.54) is 103 Å². The highest BCUT2D eigenvalue weighted by atomic mass is 17.2. The molecule has 3 saturated carbocycles. The number of rotatable bonds is 16. The van der Waals surface area contributed by atoms with Gasteiger partial charge in [0.25, 0.3) is 0 Å². The first kappa shape index (κ1) is 28.4. The van der Waals surface area contributed by atoms with Gasteiger partial charge >= 0.3 is 0 Å². The highest BCUT2D eigenvalue weighted by Gasteiger charge is 2.31. The van der Waals surface area contributed by atoms with Crippen LogP contribution < -0.4 is 0 Å². The summed E-state index contributed by atoms with van der Waals surface area (Å²) in [7, 11) is 0. The molecule has 0 aromatic carbocycles. The quantitative estimate of drug-likeness (QED) is 0.126. The van der Waals surface area contributed by atoms with E-state index in [2.05, 4.69) is 13.8 Å². The van der Waals surface area contributed by atoms with Crippen LogP contribution in [0.5, 0.6) is 0 Å². The van der Waals surface area contributed by atoms with Gasteiger partial charge in [-0.3, -0.25) is 0 Å². The summed E-state index contributed by atoms with van der Waals surface area (Å²) in [6, 6.07) is 0. The zero-order valence-electron chi connectivity index (χ0n) is 22.7. The van der Waals surface area contributed by atoms with Crippen LogP contribution in [-0.4, -0.2) is 38.6 Å². The maximum absolute atomic E-state index is 6.26. The first-order valence-corrected chi connectivity index (χ1v) is 15.2. The Balaban J connectivity index is 1.11. The van der Waals surface area contributed by atoms with Crippen LogP contribution in [0.3, 0.4) is 0 Å². The smallest absolute Gasteiger partial charge is 0.0850 e. The minimum absolute atomic E-state index is 0.526. The second-order valence-electron chi connectivity index (χ2n) is 11.8. The van der Waals surface area contributed by atoms with E-state index in [9.17, 15) is 0 Å². The van der Waals surface area contributed by atoms with E-state index in [0.717, 1.165) is 57.0 Å². The zero-order valence-corrected chi connectivity index (χ0v) is 22.7. The molecule has 34 heavy (non-hydrogen) atoms. The predicted molar refractivity (Wildman–Crippen MR) is 140 cm³/mol. The second-order valence-corrected chi connectivity index (χ2v) is 11.8. The highest BCUT2D eigenvalue weighted by Crippen LogP contribution is 2.40. The summed E-state index contributed by atoms with van der Waals surface area (Å²) in [6.45, 7) is 8.02. The monoisotopic (exact) mass is 480 g/mol. The van der Waals surface area contributed by atoms with Crippen molar-refractivity contribution in [3.63, 3.8) is 0 Å². The van der Waals surface area contributed by atoms with Gasteiger partial charge in [-0.2, -0.15) is 0 Å². The lowest BCUT2D eigenvalue weighted by Gasteiger charge is -2.37. The molecule has 0 saturated heterocycles. The van der Waals surface area contributed by atoms with E-state index < -0.39 is 0 Å². The molecule has 0 heterocycles. The van der Waals surface area contributed by atoms with Gasteiger partial charge in [0, 0.05) is 13.2 Å². The summed E-state index contributed by atoms with van der Waals surface area (Å²) in [5.41, 5.74) is 0. The molecule has 0 atom stereocenters. The number of unbranched alkanes of at least 4 members (excludes halogenated alkanes) is 4. The van der Waals surface area contributed by atoms with Gasteiger partial charge in [-0.15, -0.1) is 0 Å². The van der Waals surface area contributed by atoms with Crippen molar-refractivity contribution >= 4 is 0 Å². The van der Waals surface area contributed by atoms with Crippen molar-refractivity contribution in [1.29, 1.82) is 0 Å². The Bertz CT molecular complexity index is 474. The van der Waals surface area contributed by atoms with E-state index in [0.29, 0.717) is 18.1 Å². The minimum atomic E-state index is 0.526. The Morgan fingerprint density at radius 1 is 0.529 bits per heavy atom. The van der Waals surface area contributed by atoms with Gasteiger partial charge in [-0.1, -0.05) is 33.1 Å². The fraction of sp³-hybridized carbons (Fsp3) is 1.00. The molecular formula is C30H56O4. The van der Waals surface area contributed by atoms with Crippen LogP contribution in [0.1, 0.15) is 129 Å². The van der Waals surface area contributed by atoms with E-state index in [-0.39, 0.29) is 0 Å². The van der Waals surface area contributed by atoms with Crippen molar-refractivity contribution < 1.29 is 19.2 Å². The molecule has 0 spiro atoms. The van der Waals surface area contributed by atoms with Crippen molar-refractivity contribution in [3.05, 3.63) is 0 Å². The summed E-state index contributed by atoms with van der Waals surface area (Å²) in [5.74, 6) is 3.50. The molecule has 3 aliphatic rings. The largest absolute Gasteiger partial charge is 0.378 e. The SMILES string of the molecule is CCCCOOCC1CCC(C2CCC(OCCCCCCOC3CCC(C)CC3)CC2)CC1. The average molecular weight is 481 g/mol. The average Bonchev–Trinajstić information content (AvgIpc) is 2.87. The molecule has 0 aromatic heterocycles. The first-order chi connectivity index (χ1) is 16.7. The molecule has 0 aromatic rings. The van der Waals surface area contributed by atoms with Gasteiger partial charge in [0.1, 0.15) is 0 Å². The first-order valence-electron chi connectivity index (χ1n) is 15.2. The fourth-order valence-corrected chi connectivity index (χ4v) is 6.41. The fourth-order valence-electron chi connectivity index (χ4n) is 6.41. The van der Waals surface area contributed by atoms with Crippen LogP contribution in [0.2, 0.25) is 0 Å². The van der Waals surface area contributed by atoms with Crippen LogP contribution in [0.15, 0.2) is 0 Å². The van der Waals surface area contributed by atoms with E-state index in [4.69, 9.17) is 19.2 Å². The summed E-state index contributed by atoms with van der Waals surface area (Å²) in [4.78, 5) is 10.8. The molecule has 3 aliphatic carbocycles. The number of hydrogen-bond donors (Lipinski definition) is 0. The molecule has 4 heteroatoms. The molecule has 0 unspecified atom stereocenters. The topological polar surface area (TPSA) is 36.9 Å². The van der Waals surface area contributed by atoms with Gasteiger partial charge in [0.15, 0.2) is 0 Å². The summed E-state index contributed by atoms with van der Waals surface area (Å²) < 4.78 is 12.3. The lowest BCUT2D eigenvalue weighted by Crippen LogP contribution is -2.29. The Labute approximate surface area is 211 Å². The molecule has 200 valence electrons. The van der Waals surface area contributed by atoms with Gasteiger partial charge in [-0.25, -0.2) is 9.78 Å². The molecule has 0 bridgehead atoms. The lowest BCUT2D eigenvalue weighted by atomic mass is 9.71. The number of hydrogen-bond acceptors (Lipinski definition) is 4. The van der Waals surface area contributed by atoms with Crippen LogP contribution in [0.4, 0.5) is 0 Å². The molecule has 4 nitrogen and oxygen atoms in total. The van der Waals surface area contributed by atoms with Crippen molar-refractivity contribution in [2.45, 2.75) is 142 Å². The van der Waals surface area contributed by atoms with Crippen molar-refractivity contribution in [3.8, 4) is 0 Å². The van der Waals surface area contributed by atoms with Crippen LogP contribution >= 0.6 is 0 Å². The Hall–Kier alpha value is -0.160. The maximum atomic E-state index is 6.26. The van der Waals surface area contributed by atoms with Crippen molar-refractivity contribution in [2.75, 3.05) is 26.4 Å². The molecule has 0 aliphatic heterocycles. The third kappa shape index (κ3) is 11.3. The number of ether oxygens (including phenoxy) is 2. The Morgan fingerprint density at radius 3 is 1.62 bits per heavy atom. The van der Waals surface area contributed by atoms with E-state index in [1.54, 1.807) is 0 Å². The molecule has 3 rings (SSSR count). The third-order valence-corrected chi connectivity index (χ3v) is 8.95. The van der Waals surface area contributed by atoms with Gasteiger partial charge < -0.3 is 9.47 Å². The molecular weight excluding hydrogens is 424 g/mol. The lowest BCUT2D eigenvalue weighted by molar-refractivity contribution is -0.302. The van der Waals surface area contributed by atoms with Gasteiger partial charge in [-0.05, 0) is 120 Å². The van der Waals surface area contributed by atoms with Crippen LogP contribution in [-0.2, 0) is 19.2 Å². The van der Waals surface area contributed by atoms with Gasteiger partial charge in [0.2, 0.25) is 0 Å². The molecule has 0 radical (unpaired) electrons. The Kier molecular flexibility index (Phi) is 14.5. The highest BCUT2D eigenvalue weighted by molar-refractivity contribution is 4.82. The summed E-state index contributed by atoms with van der Waals surface area (Å²) in [6.07, 6.45) is 24.4. The maximum Gasteiger partial charge on any atom is 0.0850 e. The zero-order chi connectivity index (χ0) is 23.8. The van der Waals surface area contributed by atoms with Crippen molar-refractivity contribution in [1.82, 2.24) is 0 Å². The predicted octanol–water partition coefficient (Wildman–Crippen LogP) is 8.27. The van der Waals surface area contributed by atoms with E-state index in [1.807, 2.05) is 0 Å². The van der Waals surface area contributed by atoms with Crippen molar-refractivity contribution in [2.24, 2.45) is 23.7 Å².